The Hall–Kier alpha value is -0.570. The average molecular weight is 309 g/mol. The van der Waals surface area contributed by atoms with Crippen LogP contribution in [0.2, 0.25) is 0 Å². The van der Waals surface area contributed by atoms with Gasteiger partial charge >= 0.3 is 0 Å². The van der Waals surface area contributed by atoms with E-state index in [0.717, 1.165) is 0 Å². The van der Waals surface area contributed by atoms with E-state index in [-0.39, 0.29) is 4.90 Å². The van der Waals surface area contributed by atoms with Gasteiger partial charge in [0.1, 0.15) is 0 Å². The minimum atomic E-state index is -3.79. The van der Waals surface area contributed by atoms with Gasteiger partial charge in [-0.05, 0) is 40.0 Å². The first-order valence-electron chi connectivity index (χ1n) is 4.07. The number of halogens is 2. The summed E-state index contributed by atoms with van der Waals surface area (Å²) in [5.74, 6) is 0. The van der Waals surface area contributed by atoms with Crippen molar-refractivity contribution in [3.05, 3.63) is 27.7 Å². The topological polar surface area (TPSA) is 57.9 Å². The van der Waals surface area contributed by atoms with Crippen molar-refractivity contribution in [3.8, 4) is 6.07 Å². The fourth-order valence-corrected chi connectivity index (χ4v) is 4.03. The molecule has 0 saturated heterocycles. The lowest BCUT2D eigenvalue weighted by atomic mass is 10.1. The molecule has 0 bridgehead atoms. The Morgan fingerprint density at radius 1 is 1.53 bits per heavy atom. The molecule has 0 radical (unpaired) electrons. The minimum absolute atomic E-state index is 0.0469. The normalized spacial score (nSPS) is 11.1. The summed E-state index contributed by atoms with van der Waals surface area (Å²) in [6, 6.07) is 4.92. The van der Waals surface area contributed by atoms with E-state index in [1.807, 2.05) is 6.07 Å². The van der Waals surface area contributed by atoms with Crippen molar-refractivity contribution in [2.24, 2.45) is 0 Å². The summed E-state index contributed by atoms with van der Waals surface area (Å²) in [6.45, 7) is 1.80. The van der Waals surface area contributed by atoms with Crippen LogP contribution in [-0.4, -0.2) is 8.42 Å². The van der Waals surface area contributed by atoms with Gasteiger partial charge in [-0.15, -0.1) is 0 Å². The highest BCUT2D eigenvalue weighted by Gasteiger charge is 2.19. The summed E-state index contributed by atoms with van der Waals surface area (Å²) in [5, 5.41) is 8.72. The van der Waals surface area contributed by atoms with Crippen molar-refractivity contribution >= 4 is 35.7 Å². The lowest BCUT2D eigenvalue weighted by Crippen LogP contribution is -1.99. The Morgan fingerprint density at radius 2 is 2.13 bits per heavy atom. The summed E-state index contributed by atoms with van der Waals surface area (Å²) in [4.78, 5) is 0.0469. The van der Waals surface area contributed by atoms with Gasteiger partial charge in [-0.3, -0.25) is 0 Å². The van der Waals surface area contributed by atoms with E-state index >= 15 is 0 Å². The van der Waals surface area contributed by atoms with Crippen LogP contribution in [0.4, 0.5) is 0 Å². The molecule has 0 aliphatic carbocycles. The maximum atomic E-state index is 11.3. The van der Waals surface area contributed by atoms with Gasteiger partial charge in [0.05, 0.1) is 16.5 Å². The third kappa shape index (κ3) is 2.71. The highest BCUT2D eigenvalue weighted by molar-refractivity contribution is 9.10. The largest absolute Gasteiger partial charge is 0.262 e. The van der Waals surface area contributed by atoms with E-state index in [0.29, 0.717) is 22.0 Å². The monoisotopic (exact) mass is 307 g/mol. The third-order valence-corrected chi connectivity index (χ3v) is 4.19. The minimum Gasteiger partial charge on any atom is -0.207 e. The lowest BCUT2D eigenvalue weighted by molar-refractivity contribution is 0.608. The zero-order valence-electron chi connectivity index (χ0n) is 7.79. The van der Waals surface area contributed by atoms with E-state index in [4.69, 9.17) is 15.9 Å². The Morgan fingerprint density at radius 3 is 2.53 bits per heavy atom. The first kappa shape index (κ1) is 12.5. The second-order valence-corrected chi connectivity index (χ2v) is 6.21. The van der Waals surface area contributed by atoms with E-state index < -0.39 is 9.05 Å². The van der Waals surface area contributed by atoms with Gasteiger partial charge in [-0.1, -0.05) is 6.92 Å². The highest BCUT2D eigenvalue weighted by Crippen LogP contribution is 2.30. The smallest absolute Gasteiger partial charge is 0.207 e. The number of nitriles is 1. The molecule has 0 heterocycles. The van der Waals surface area contributed by atoms with Crippen molar-refractivity contribution in [2.75, 3.05) is 0 Å². The van der Waals surface area contributed by atoms with Gasteiger partial charge in [-0.2, -0.15) is 5.26 Å². The molecule has 0 fully saturated rings. The second-order valence-electron chi connectivity index (χ2n) is 2.85. The summed E-state index contributed by atoms with van der Waals surface area (Å²) in [5.41, 5.74) is 0.943. The van der Waals surface area contributed by atoms with Crippen molar-refractivity contribution < 1.29 is 8.42 Å². The van der Waals surface area contributed by atoms with Gasteiger partial charge in [0.2, 0.25) is 0 Å². The number of benzene rings is 1. The molecular formula is C9H7BrClNO2S. The van der Waals surface area contributed by atoms with E-state index in [9.17, 15) is 8.42 Å². The van der Waals surface area contributed by atoms with E-state index in [2.05, 4.69) is 15.9 Å². The Kier molecular flexibility index (Phi) is 3.77. The molecule has 15 heavy (non-hydrogen) atoms. The number of hydrogen-bond acceptors (Lipinski definition) is 3. The molecule has 0 amide bonds. The van der Waals surface area contributed by atoms with Crippen LogP contribution in [-0.2, 0) is 15.5 Å². The Balaban J connectivity index is 3.61. The number of hydrogen-bond donors (Lipinski definition) is 0. The molecule has 3 nitrogen and oxygen atoms in total. The maximum Gasteiger partial charge on any atom is 0.262 e. The van der Waals surface area contributed by atoms with Crippen molar-refractivity contribution in [1.82, 2.24) is 0 Å². The molecule has 6 heteroatoms. The van der Waals surface area contributed by atoms with Crippen molar-refractivity contribution in [1.29, 1.82) is 5.26 Å². The molecule has 1 aromatic rings. The van der Waals surface area contributed by atoms with Crippen molar-refractivity contribution in [2.45, 2.75) is 18.2 Å². The third-order valence-electron chi connectivity index (χ3n) is 1.87. The quantitative estimate of drug-likeness (QED) is 0.789. The fourth-order valence-electron chi connectivity index (χ4n) is 1.25. The van der Waals surface area contributed by atoms with Crippen LogP contribution in [0.1, 0.15) is 18.1 Å². The van der Waals surface area contributed by atoms with Gasteiger partial charge in [0, 0.05) is 15.2 Å². The SMILES string of the molecule is CCc1cc(C#N)cc(Br)c1S(=O)(=O)Cl. The number of nitrogens with zero attached hydrogens (tertiary/aromatic N) is 1. The molecule has 0 aliphatic rings. The molecule has 0 aliphatic heterocycles. The van der Waals surface area contributed by atoms with Crippen LogP contribution in [0.15, 0.2) is 21.5 Å². The molecule has 1 aromatic carbocycles. The van der Waals surface area contributed by atoms with E-state index in [1.54, 1.807) is 6.92 Å². The predicted molar refractivity (Wildman–Crippen MR) is 61.3 cm³/mol. The summed E-state index contributed by atoms with van der Waals surface area (Å²) in [6.07, 6.45) is 0.495. The van der Waals surface area contributed by atoms with Crippen molar-refractivity contribution in [3.63, 3.8) is 0 Å². The van der Waals surface area contributed by atoms with E-state index in [1.165, 1.54) is 12.1 Å². The number of aryl methyl sites for hydroxylation is 1. The molecule has 0 saturated carbocycles. The Labute approximate surface area is 101 Å². The van der Waals surface area contributed by atoms with Gasteiger partial charge in [0.25, 0.3) is 9.05 Å². The lowest BCUT2D eigenvalue weighted by Gasteiger charge is -2.07. The predicted octanol–water partition coefficient (Wildman–Crippen LogP) is 2.81. The van der Waals surface area contributed by atoms with Crippen LogP contribution in [0, 0.1) is 11.3 Å². The van der Waals surface area contributed by atoms with Crippen LogP contribution < -0.4 is 0 Å². The van der Waals surface area contributed by atoms with Crippen LogP contribution >= 0.6 is 26.6 Å². The zero-order valence-corrected chi connectivity index (χ0v) is 10.9. The molecule has 0 unspecified atom stereocenters. The van der Waals surface area contributed by atoms with Gasteiger partial charge < -0.3 is 0 Å². The van der Waals surface area contributed by atoms with Gasteiger partial charge in [0.15, 0.2) is 0 Å². The molecular weight excluding hydrogens is 302 g/mol. The fraction of sp³-hybridized carbons (Fsp3) is 0.222. The molecule has 0 spiro atoms. The summed E-state index contributed by atoms with van der Waals surface area (Å²) < 4.78 is 22.9. The average Bonchev–Trinajstić information content (AvgIpc) is 2.14. The highest BCUT2D eigenvalue weighted by atomic mass is 79.9. The summed E-state index contributed by atoms with van der Waals surface area (Å²) in [7, 11) is 1.52. The Bertz CT molecular complexity index is 534. The second kappa shape index (κ2) is 4.52. The molecule has 0 atom stereocenters. The first-order chi connectivity index (χ1) is 6.90. The molecule has 1 rings (SSSR count). The van der Waals surface area contributed by atoms with Gasteiger partial charge in [-0.25, -0.2) is 8.42 Å². The zero-order chi connectivity index (χ0) is 11.6. The van der Waals surface area contributed by atoms with Crippen LogP contribution in [0.5, 0.6) is 0 Å². The van der Waals surface area contributed by atoms with Crippen LogP contribution in [0.3, 0.4) is 0 Å². The number of rotatable bonds is 2. The summed E-state index contributed by atoms with van der Waals surface area (Å²) >= 11 is 3.10. The van der Waals surface area contributed by atoms with Crippen LogP contribution in [0.25, 0.3) is 0 Å². The molecule has 0 aromatic heterocycles. The molecule has 0 N–H and O–H groups in total. The maximum absolute atomic E-state index is 11.3. The standard InChI is InChI=1S/C9H7BrClNO2S/c1-2-7-3-6(5-12)4-8(10)9(7)15(11,13)14/h3-4H,2H2,1H3. The first-order valence-corrected chi connectivity index (χ1v) is 7.17. The molecule has 80 valence electrons.